The molecule has 0 aromatic carbocycles. The fourth-order valence-corrected chi connectivity index (χ4v) is 2.55. The molecule has 1 aromatic heterocycles. The van der Waals surface area contributed by atoms with Gasteiger partial charge in [-0.15, -0.1) is 0 Å². The maximum atomic E-state index is 12.0. The summed E-state index contributed by atoms with van der Waals surface area (Å²) < 4.78 is 26.5. The van der Waals surface area contributed by atoms with Gasteiger partial charge in [-0.25, -0.2) is 23.1 Å². The molecule has 0 radical (unpaired) electrons. The van der Waals surface area contributed by atoms with E-state index in [0.29, 0.717) is 18.4 Å². The lowest BCUT2D eigenvalue weighted by Crippen LogP contribution is -2.25. The second-order valence-corrected chi connectivity index (χ2v) is 6.87. The number of hydrogen-bond acceptors (Lipinski definition) is 5. The summed E-state index contributed by atoms with van der Waals surface area (Å²) in [6.45, 7) is 7.47. The zero-order chi connectivity index (χ0) is 15.0. The molecule has 0 bridgehead atoms. The summed E-state index contributed by atoms with van der Waals surface area (Å²) >= 11 is 0. The van der Waals surface area contributed by atoms with Crippen molar-refractivity contribution < 1.29 is 8.42 Å². The topological polar surface area (TPSA) is 84.0 Å². The molecule has 20 heavy (non-hydrogen) atoms. The first-order valence-electron chi connectivity index (χ1n) is 7.01. The molecule has 1 aromatic rings. The van der Waals surface area contributed by atoms with E-state index in [-0.39, 0.29) is 4.90 Å². The fourth-order valence-electron chi connectivity index (χ4n) is 1.58. The molecule has 0 saturated carbocycles. The second kappa shape index (κ2) is 8.16. The minimum Gasteiger partial charge on any atom is -0.354 e. The van der Waals surface area contributed by atoms with Gasteiger partial charge in [-0.3, -0.25) is 0 Å². The minimum atomic E-state index is -3.50. The Kier molecular flexibility index (Phi) is 6.87. The van der Waals surface area contributed by atoms with E-state index < -0.39 is 10.0 Å². The van der Waals surface area contributed by atoms with Gasteiger partial charge in [-0.05, 0) is 25.2 Å². The van der Waals surface area contributed by atoms with E-state index in [1.807, 2.05) is 6.92 Å². The van der Waals surface area contributed by atoms with Crippen LogP contribution < -0.4 is 10.0 Å². The highest BCUT2D eigenvalue weighted by molar-refractivity contribution is 7.89. The molecule has 0 amide bonds. The van der Waals surface area contributed by atoms with Crippen LogP contribution in [0.25, 0.3) is 0 Å². The molecule has 0 aliphatic heterocycles. The number of anilines is 1. The fraction of sp³-hybridized carbons (Fsp3) is 0.692. The molecule has 7 heteroatoms. The third-order valence-electron chi connectivity index (χ3n) is 2.72. The van der Waals surface area contributed by atoms with Gasteiger partial charge in [0.25, 0.3) is 0 Å². The van der Waals surface area contributed by atoms with Crippen LogP contribution in [-0.2, 0) is 10.0 Å². The summed E-state index contributed by atoms with van der Waals surface area (Å²) in [6, 6.07) is 0. The van der Waals surface area contributed by atoms with Crippen molar-refractivity contribution in [2.75, 3.05) is 18.4 Å². The number of nitrogens with zero attached hydrogens (tertiary/aromatic N) is 2. The van der Waals surface area contributed by atoms with Crippen LogP contribution in [0.5, 0.6) is 0 Å². The minimum absolute atomic E-state index is 0.101. The Labute approximate surface area is 121 Å². The molecule has 6 nitrogen and oxygen atoms in total. The summed E-state index contributed by atoms with van der Waals surface area (Å²) in [6.07, 6.45) is 5.44. The second-order valence-electron chi connectivity index (χ2n) is 5.10. The number of aromatic nitrogens is 2. The largest absolute Gasteiger partial charge is 0.354 e. The summed E-state index contributed by atoms with van der Waals surface area (Å²) in [4.78, 5) is 8.10. The smallest absolute Gasteiger partial charge is 0.243 e. The van der Waals surface area contributed by atoms with Gasteiger partial charge >= 0.3 is 0 Å². The monoisotopic (exact) mass is 300 g/mol. The summed E-state index contributed by atoms with van der Waals surface area (Å²) in [5.41, 5.74) is 0. The van der Waals surface area contributed by atoms with Crippen molar-refractivity contribution in [3.63, 3.8) is 0 Å². The Morgan fingerprint density at radius 2 is 1.85 bits per heavy atom. The first-order chi connectivity index (χ1) is 9.45. The van der Waals surface area contributed by atoms with E-state index in [0.717, 1.165) is 25.8 Å². The standard InChI is InChI=1S/C13H24N4O2S/c1-4-7-14-13-15-9-12(10-16-13)20(18,19)17-8-5-6-11(2)3/h9-11,17H,4-8H2,1-3H3,(H,14,15,16). The zero-order valence-electron chi connectivity index (χ0n) is 12.4. The van der Waals surface area contributed by atoms with Gasteiger partial charge in [0.15, 0.2) is 0 Å². The van der Waals surface area contributed by atoms with Gasteiger partial charge < -0.3 is 5.32 Å². The van der Waals surface area contributed by atoms with Gasteiger partial charge in [0, 0.05) is 13.1 Å². The molecule has 2 N–H and O–H groups in total. The van der Waals surface area contributed by atoms with E-state index in [1.165, 1.54) is 12.4 Å². The lowest BCUT2D eigenvalue weighted by Gasteiger charge is -2.08. The van der Waals surface area contributed by atoms with E-state index in [2.05, 4.69) is 33.9 Å². The summed E-state index contributed by atoms with van der Waals surface area (Å²) in [7, 11) is -3.50. The molecule has 0 unspecified atom stereocenters. The maximum absolute atomic E-state index is 12.0. The predicted molar refractivity (Wildman–Crippen MR) is 80.1 cm³/mol. The number of nitrogens with one attached hydrogen (secondary N) is 2. The van der Waals surface area contributed by atoms with E-state index >= 15 is 0 Å². The highest BCUT2D eigenvalue weighted by Gasteiger charge is 2.14. The van der Waals surface area contributed by atoms with Crippen LogP contribution in [0.4, 0.5) is 5.95 Å². The Morgan fingerprint density at radius 3 is 2.40 bits per heavy atom. The van der Waals surface area contributed by atoms with Gasteiger partial charge in [0.1, 0.15) is 4.90 Å². The molecule has 0 atom stereocenters. The van der Waals surface area contributed by atoms with Crippen LogP contribution in [0.15, 0.2) is 17.3 Å². The van der Waals surface area contributed by atoms with Crippen molar-refractivity contribution in [1.29, 1.82) is 0 Å². The average Bonchev–Trinajstić information content (AvgIpc) is 2.42. The Hall–Kier alpha value is -1.21. The van der Waals surface area contributed by atoms with Crippen LogP contribution in [-0.4, -0.2) is 31.5 Å². The van der Waals surface area contributed by atoms with Crippen molar-refractivity contribution in [2.24, 2.45) is 5.92 Å². The van der Waals surface area contributed by atoms with Crippen LogP contribution in [0.2, 0.25) is 0 Å². The van der Waals surface area contributed by atoms with Gasteiger partial charge in [0.2, 0.25) is 16.0 Å². The molecule has 0 spiro atoms. The van der Waals surface area contributed by atoms with E-state index in [1.54, 1.807) is 0 Å². The zero-order valence-corrected chi connectivity index (χ0v) is 13.2. The molecule has 1 rings (SSSR count). The number of hydrogen-bond donors (Lipinski definition) is 2. The van der Waals surface area contributed by atoms with Crippen molar-refractivity contribution in [3.05, 3.63) is 12.4 Å². The normalized spacial score (nSPS) is 11.8. The quantitative estimate of drug-likeness (QED) is 0.682. The Balaban J connectivity index is 2.54. The highest BCUT2D eigenvalue weighted by Crippen LogP contribution is 2.08. The summed E-state index contributed by atoms with van der Waals surface area (Å²) in [5, 5.41) is 3.00. The van der Waals surface area contributed by atoms with Crippen LogP contribution in [0.3, 0.4) is 0 Å². The van der Waals surface area contributed by atoms with Crippen molar-refractivity contribution >= 4 is 16.0 Å². The van der Waals surface area contributed by atoms with Crippen LogP contribution in [0, 0.1) is 5.92 Å². The molecular weight excluding hydrogens is 276 g/mol. The van der Waals surface area contributed by atoms with Gasteiger partial charge in [-0.1, -0.05) is 20.8 Å². The first-order valence-corrected chi connectivity index (χ1v) is 8.49. The molecule has 0 fully saturated rings. The molecule has 0 aliphatic rings. The Bertz CT molecular complexity index is 486. The van der Waals surface area contributed by atoms with E-state index in [4.69, 9.17) is 0 Å². The van der Waals surface area contributed by atoms with Crippen molar-refractivity contribution in [1.82, 2.24) is 14.7 Å². The van der Waals surface area contributed by atoms with Crippen LogP contribution in [0.1, 0.15) is 40.0 Å². The lowest BCUT2D eigenvalue weighted by atomic mass is 10.1. The molecule has 0 saturated heterocycles. The highest BCUT2D eigenvalue weighted by atomic mass is 32.2. The molecule has 114 valence electrons. The predicted octanol–water partition coefficient (Wildman–Crippen LogP) is 2.01. The van der Waals surface area contributed by atoms with Crippen molar-refractivity contribution in [3.8, 4) is 0 Å². The molecule has 0 aliphatic carbocycles. The van der Waals surface area contributed by atoms with E-state index in [9.17, 15) is 8.42 Å². The van der Waals surface area contributed by atoms with Gasteiger partial charge in [0.05, 0.1) is 12.4 Å². The Morgan fingerprint density at radius 1 is 1.20 bits per heavy atom. The number of rotatable bonds is 9. The average molecular weight is 300 g/mol. The summed E-state index contributed by atoms with van der Waals surface area (Å²) in [5.74, 6) is 1.03. The number of sulfonamides is 1. The van der Waals surface area contributed by atoms with Crippen molar-refractivity contribution in [2.45, 2.75) is 44.9 Å². The first kappa shape index (κ1) is 16.8. The SMILES string of the molecule is CCCNc1ncc(S(=O)(=O)NCCCC(C)C)cn1. The third kappa shape index (κ3) is 5.83. The van der Waals surface area contributed by atoms with Gasteiger partial charge in [-0.2, -0.15) is 0 Å². The lowest BCUT2D eigenvalue weighted by molar-refractivity contribution is 0.539. The molecule has 1 heterocycles. The maximum Gasteiger partial charge on any atom is 0.243 e. The third-order valence-corrected chi connectivity index (χ3v) is 4.14. The van der Waals surface area contributed by atoms with Crippen LogP contribution >= 0.6 is 0 Å². The molecular formula is C13H24N4O2S.